The molecule has 0 aliphatic heterocycles. The molecule has 4 rings (SSSR count). The summed E-state index contributed by atoms with van der Waals surface area (Å²) in [6, 6.07) is 29.6. The quantitative estimate of drug-likeness (QED) is 0.128. The van der Waals surface area contributed by atoms with E-state index in [1.54, 1.807) is 42.5 Å². The molecule has 214 valence electrons. The SMILES string of the molecule is CCOc1cc(/C=C(/C#N)C(=O)Nc2cccc(Cl)c2)ccc1OCc1ccc(OCc2ccccc2)c(OCC)c1. The summed E-state index contributed by atoms with van der Waals surface area (Å²) < 4.78 is 23.7. The van der Waals surface area contributed by atoms with Crippen LogP contribution in [0.3, 0.4) is 0 Å². The zero-order valence-corrected chi connectivity index (χ0v) is 24.2. The van der Waals surface area contributed by atoms with E-state index in [4.69, 9.17) is 30.5 Å². The molecular weight excluding hydrogens is 552 g/mol. The molecule has 0 saturated heterocycles. The van der Waals surface area contributed by atoms with Crippen LogP contribution in [0, 0.1) is 11.3 Å². The van der Waals surface area contributed by atoms with E-state index >= 15 is 0 Å². The van der Waals surface area contributed by atoms with Crippen LogP contribution >= 0.6 is 11.6 Å². The molecule has 0 aromatic heterocycles. The van der Waals surface area contributed by atoms with Crippen LogP contribution in [-0.2, 0) is 18.0 Å². The van der Waals surface area contributed by atoms with Crippen molar-refractivity contribution in [2.75, 3.05) is 18.5 Å². The van der Waals surface area contributed by atoms with Crippen LogP contribution in [0.5, 0.6) is 23.0 Å². The molecule has 0 aliphatic rings. The van der Waals surface area contributed by atoms with Crippen molar-refractivity contribution in [2.24, 2.45) is 0 Å². The number of ether oxygens (including phenoxy) is 4. The first-order valence-electron chi connectivity index (χ1n) is 13.5. The van der Waals surface area contributed by atoms with Crippen LogP contribution < -0.4 is 24.3 Å². The third kappa shape index (κ3) is 8.53. The van der Waals surface area contributed by atoms with Gasteiger partial charge in [0.1, 0.15) is 24.9 Å². The highest BCUT2D eigenvalue weighted by Crippen LogP contribution is 2.33. The zero-order valence-electron chi connectivity index (χ0n) is 23.4. The molecule has 1 N–H and O–H groups in total. The smallest absolute Gasteiger partial charge is 0.266 e. The first-order chi connectivity index (χ1) is 20.5. The summed E-state index contributed by atoms with van der Waals surface area (Å²) in [7, 11) is 0. The Morgan fingerprint density at radius 3 is 2.10 bits per heavy atom. The largest absolute Gasteiger partial charge is 0.490 e. The average Bonchev–Trinajstić information content (AvgIpc) is 3.00. The molecular formula is C34H31ClN2O5. The predicted molar refractivity (Wildman–Crippen MR) is 164 cm³/mol. The maximum Gasteiger partial charge on any atom is 0.266 e. The Hall–Kier alpha value is -4.93. The van der Waals surface area contributed by atoms with E-state index in [0.717, 1.165) is 11.1 Å². The van der Waals surface area contributed by atoms with Crippen molar-refractivity contribution in [3.05, 3.63) is 118 Å². The van der Waals surface area contributed by atoms with E-state index in [0.29, 0.717) is 59.1 Å². The summed E-state index contributed by atoms with van der Waals surface area (Å²) in [4.78, 5) is 12.7. The Morgan fingerprint density at radius 1 is 0.762 bits per heavy atom. The lowest BCUT2D eigenvalue weighted by molar-refractivity contribution is -0.112. The van der Waals surface area contributed by atoms with E-state index < -0.39 is 5.91 Å². The van der Waals surface area contributed by atoms with Gasteiger partial charge in [0.25, 0.3) is 5.91 Å². The van der Waals surface area contributed by atoms with Crippen molar-refractivity contribution in [2.45, 2.75) is 27.1 Å². The zero-order chi connectivity index (χ0) is 29.7. The number of carbonyl (C=O) groups excluding carboxylic acids is 1. The van der Waals surface area contributed by atoms with Gasteiger partial charge in [0.05, 0.1) is 13.2 Å². The van der Waals surface area contributed by atoms with Crippen molar-refractivity contribution in [3.63, 3.8) is 0 Å². The summed E-state index contributed by atoms with van der Waals surface area (Å²) in [5.41, 5.74) is 3.00. The number of nitrogens with one attached hydrogen (secondary N) is 1. The van der Waals surface area contributed by atoms with Crippen LogP contribution in [0.2, 0.25) is 5.02 Å². The highest BCUT2D eigenvalue weighted by molar-refractivity contribution is 6.31. The minimum atomic E-state index is -0.542. The number of hydrogen-bond acceptors (Lipinski definition) is 6. The van der Waals surface area contributed by atoms with Crippen LogP contribution in [-0.4, -0.2) is 19.1 Å². The molecule has 0 unspecified atom stereocenters. The summed E-state index contributed by atoms with van der Waals surface area (Å²) in [5.74, 6) is 1.77. The van der Waals surface area contributed by atoms with Gasteiger partial charge in [-0.25, -0.2) is 0 Å². The molecule has 7 nitrogen and oxygen atoms in total. The molecule has 0 radical (unpaired) electrons. The van der Waals surface area contributed by atoms with Crippen molar-refractivity contribution in [1.82, 2.24) is 0 Å². The fraction of sp³-hybridized carbons (Fsp3) is 0.176. The van der Waals surface area contributed by atoms with E-state index in [1.807, 2.05) is 68.4 Å². The van der Waals surface area contributed by atoms with E-state index in [-0.39, 0.29) is 12.2 Å². The molecule has 8 heteroatoms. The molecule has 0 fully saturated rings. The van der Waals surface area contributed by atoms with E-state index in [1.165, 1.54) is 6.08 Å². The van der Waals surface area contributed by atoms with Crippen molar-refractivity contribution in [1.29, 1.82) is 5.26 Å². The number of halogens is 1. The summed E-state index contributed by atoms with van der Waals surface area (Å²) in [6.07, 6.45) is 1.49. The monoisotopic (exact) mass is 582 g/mol. The third-order valence-electron chi connectivity index (χ3n) is 5.97. The second-order valence-electron chi connectivity index (χ2n) is 9.05. The van der Waals surface area contributed by atoms with Crippen LogP contribution in [0.4, 0.5) is 5.69 Å². The third-order valence-corrected chi connectivity index (χ3v) is 6.20. The molecule has 0 spiro atoms. The van der Waals surface area contributed by atoms with Gasteiger partial charge in [-0.1, -0.05) is 60.1 Å². The minimum Gasteiger partial charge on any atom is -0.490 e. The second kappa shape index (κ2) is 15.2. The van der Waals surface area contributed by atoms with Gasteiger partial charge in [-0.3, -0.25) is 4.79 Å². The molecule has 0 atom stereocenters. The maximum absolute atomic E-state index is 12.7. The van der Waals surface area contributed by atoms with Crippen LogP contribution in [0.1, 0.15) is 30.5 Å². The van der Waals surface area contributed by atoms with Crippen molar-refractivity contribution in [3.8, 4) is 29.1 Å². The first kappa shape index (κ1) is 30.0. The highest BCUT2D eigenvalue weighted by Gasteiger charge is 2.13. The standard InChI is InChI=1S/C34H31ClN2O5/c1-3-39-32-18-25(17-27(21-36)34(38)37-29-12-8-11-28(35)20-29)13-15-30(32)42-23-26-14-16-31(33(19-26)40-4-2)41-22-24-9-6-5-7-10-24/h5-20H,3-4,22-23H2,1-2H3,(H,37,38)/b27-17-. The number of amides is 1. The van der Waals surface area contributed by atoms with Gasteiger partial charge in [0.2, 0.25) is 0 Å². The molecule has 0 saturated carbocycles. The second-order valence-corrected chi connectivity index (χ2v) is 9.49. The van der Waals surface area contributed by atoms with Gasteiger partial charge in [0.15, 0.2) is 23.0 Å². The van der Waals surface area contributed by atoms with Gasteiger partial charge in [0, 0.05) is 10.7 Å². The Balaban J connectivity index is 1.46. The molecule has 0 heterocycles. The first-order valence-corrected chi connectivity index (χ1v) is 13.9. The summed E-state index contributed by atoms with van der Waals surface area (Å²) in [6.45, 7) is 5.40. The number of nitriles is 1. The Bertz CT molecular complexity index is 1580. The van der Waals surface area contributed by atoms with E-state index in [2.05, 4.69) is 5.32 Å². The molecule has 4 aromatic carbocycles. The Morgan fingerprint density at radius 2 is 1.43 bits per heavy atom. The van der Waals surface area contributed by atoms with Gasteiger partial charge < -0.3 is 24.3 Å². The van der Waals surface area contributed by atoms with Crippen LogP contribution in [0.15, 0.2) is 96.6 Å². The van der Waals surface area contributed by atoms with Gasteiger partial charge >= 0.3 is 0 Å². The highest BCUT2D eigenvalue weighted by atomic mass is 35.5. The molecule has 4 aromatic rings. The number of carbonyl (C=O) groups is 1. The van der Waals surface area contributed by atoms with Crippen LogP contribution in [0.25, 0.3) is 6.08 Å². The lowest BCUT2D eigenvalue weighted by Crippen LogP contribution is -2.13. The lowest BCUT2D eigenvalue weighted by atomic mass is 10.1. The Kier molecular flexibility index (Phi) is 10.9. The number of nitrogens with zero attached hydrogens (tertiary/aromatic N) is 1. The minimum absolute atomic E-state index is 0.0656. The number of anilines is 1. The predicted octanol–water partition coefficient (Wildman–Crippen LogP) is 7.84. The van der Waals surface area contributed by atoms with E-state index in [9.17, 15) is 10.1 Å². The van der Waals surface area contributed by atoms with Gasteiger partial charge in [-0.2, -0.15) is 5.26 Å². The Labute approximate surface area is 250 Å². The molecule has 0 aliphatic carbocycles. The lowest BCUT2D eigenvalue weighted by Gasteiger charge is -2.15. The van der Waals surface area contributed by atoms with Crippen molar-refractivity contribution < 1.29 is 23.7 Å². The maximum atomic E-state index is 12.7. The summed E-state index contributed by atoms with van der Waals surface area (Å²) in [5, 5.41) is 12.8. The van der Waals surface area contributed by atoms with Crippen molar-refractivity contribution >= 4 is 29.3 Å². The summed E-state index contributed by atoms with van der Waals surface area (Å²) >= 11 is 5.99. The normalized spacial score (nSPS) is 10.9. The number of benzene rings is 4. The fourth-order valence-corrected chi connectivity index (χ4v) is 4.20. The number of rotatable bonds is 13. The molecule has 1 amide bonds. The molecule has 0 bridgehead atoms. The number of hydrogen-bond donors (Lipinski definition) is 1. The average molecular weight is 583 g/mol. The van der Waals surface area contributed by atoms with Gasteiger partial charge in [-0.05, 0) is 79.1 Å². The fourth-order valence-electron chi connectivity index (χ4n) is 4.01. The van der Waals surface area contributed by atoms with Gasteiger partial charge in [-0.15, -0.1) is 0 Å². The topological polar surface area (TPSA) is 89.8 Å². The molecule has 42 heavy (non-hydrogen) atoms.